The van der Waals surface area contributed by atoms with Gasteiger partial charge in [0, 0.05) is 19.3 Å². The number of benzene rings is 2. The zero-order valence-corrected chi connectivity index (χ0v) is 16.8. The van der Waals surface area contributed by atoms with Crippen molar-refractivity contribution in [2.45, 2.75) is 11.8 Å². The molecule has 27 heavy (non-hydrogen) atoms. The minimum atomic E-state index is -3.56. The highest BCUT2D eigenvalue weighted by atomic mass is 35.5. The first kappa shape index (κ1) is 21.0. The lowest BCUT2D eigenvalue weighted by molar-refractivity contribution is -0.114. The monoisotopic (exact) mass is 407 g/mol. The number of carbonyl (C=O) groups excluding carboxylic acids is 1. The lowest BCUT2D eigenvalue weighted by Gasteiger charge is -2.15. The normalized spacial score (nSPS) is 11.3. The Bertz CT molecular complexity index is 928. The SMILES string of the molecule is C=CCN(C)S(=O)(=O)c1ccc(NCC(=O)Nc2ccc(C)cc2Cl)cc1. The van der Waals surface area contributed by atoms with Gasteiger partial charge in [-0.15, -0.1) is 6.58 Å². The maximum Gasteiger partial charge on any atom is 0.243 e. The van der Waals surface area contributed by atoms with Crippen LogP contribution in [0.25, 0.3) is 0 Å². The van der Waals surface area contributed by atoms with Crippen LogP contribution < -0.4 is 10.6 Å². The van der Waals surface area contributed by atoms with Crippen molar-refractivity contribution >= 4 is 38.9 Å². The summed E-state index contributed by atoms with van der Waals surface area (Å²) >= 11 is 6.10. The molecular weight excluding hydrogens is 386 g/mol. The van der Waals surface area contributed by atoms with E-state index in [1.165, 1.54) is 29.6 Å². The van der Waals surface area contributed by atoms with Gasteiger partial charge < -0.3 is 10.6 Å². The lowest BCUT2D eigenvalue weighted by Crippen LogP contribution is -2.27. The van der Waals surface area contributed by atoms with Gasteiger partial charge in [-0.3, -0.25) is 4.79 Å². The van der Waals surface area contributed by atoms with Crippen molar-refractivity contribution in [1.29, 1.82) is 0 Å². The van der Waals surface area contributed by atoms with E-state index >= 15 is 0 Å². The number of carbonyl (C=O) groups is 1. The van der Waals surface area contributed by atoms with Gasteiger partial charge in [0.15, 0.2) is 0 Å². The third-order valence-electron chi connectivity index (χ3n) is 3.80. The fourth-order valence-corrected chi connectivity index (χ4v) is 3.73. The topological polar surface area (TPSA) is 78.5 Å². The first-order chi connectivity index (χ1) is 12.7. The Balaban J connectivity index is 1.96. The Morgan fingerprint density at radius 3 is 2.48 bits per heavy atom. The largest absolute Gasteiger partial charge is 0.376 e. The number of hydrogen-bond acceptors (Lipinski definition) is 4. The fraction of sp³-hybridized carbons (Fsp3) is 0.211. The molecule has 1 amide bonds. The summed E-state index contributed by atoms with van der Waals surface area (Å²) in [6.45, 7) is 5.70. The van der Waals surface area contributed by atoms with Gasteiger partial charge in [0.2, 0.25) is 15.9 Å². The van der Waals surface area contributed by atoms with Gasteiger partial charge >= 0.3 is 0 Å². The van der Waals surface area contributed by atoms with E-state index in [-0.39, 0.29) is 23.9 Å². The van der Waals surface area contributed by atoms with E-state index in [2.05, 4.69) is 17.2 Å². The van der Waals surface area contributed by atoms with Gasteiger partial charge in [-0.2, -0.15) is 4.31 Å². The summed E-state index contributed by atoms with van der Waals surface area (Å²) in [6, 6.07) is 11.6. The van der Waals surface area contributed by atoms with Gasteiger partial charge in [0.05, 0.1) is 22.2 Å². The third-order valence-corrected chi connectivity index (χ3v) is 5.95. The predicted octanol–water partition coefficient (Wildman–Crippen LogP) is 3.51. The molecule has 0 bridgehead atoms. The quantitative estimate of drug-likeness (QED) is 0.656. The molecular formula is C19H22ClN3O3S. The van der Waals surface area contributed by atoms with Crippen LogP contribution in [0.1, 0.15) is 5.56 Å². The summed E-state index contributed by atoms with van der Waals surface area (Å²) in [5.74, 6) is -0.261. The van der Waals surface area contributed by atoms with E-state index in [0.29, 0.717) is 16.4 Å². The van der Waals surface area contributed by atoms with E-state index < -0.39 is 10.0 Å². The third kappa shape index (κ3) is 5.56. The second kappa shape index (κ2) is 9.03. The number of nitrogens with zero attached hydrogens (tertiary/aromatic N) is 1. The predicted molar refractivity (Wildman–Crippen MR) is 110 cm³/mol. The Kier molecular flexibility index (Phi) is 7.01. The summed E-state index contributed by atoms with van der Waals surface area (Å²) in [5.41, 5.74) is 2.18. The Morgan fingerprint density at radius 2 is 1.89 bits per heavy atom. The average Bonchev–Trinajstić information content (AvgIpc) is 2.63. The van der Waals surface area contributed by atoms with Crippen LogP contribution in [0.15, 0.2) is 60.0 Å². The molecule has 0 radical (unpaired) electrons. The molecule has 8 heteroatoms. The number of amides is 1. The molecule has 2 aromatic rings. The number of likely N-dealkylation sites (N-methyl/N-ethyl adjacent to an activating group) is 1. The van der Waals surface area contributed by atoms with Crippen LogP contribution in [0.5, 0.6) is 0 Å². The van der Waals surface area contributed by atoms with E-state index in [1.807, 2.05) is 13.0 Å². The second-order valence-corrected chi connectivity index (χ2v) is 8.44. The summed E-state index contributed by atoms with van der Waals surface area (Å²) < 4.78 is 25.9. The lowest BCUT2D eigenvalue weighted by atomic mass is 10.2. The summed E-state index contributed by atoms with van der Waals surface area (Å²) in [6.07, 6.45) is 1.52. The first-order valence-electron chi connectivity index (χ1n) is 8.21. The number of anilines is 2. The van der Waals surface area contributed by atoms with Crippen molar-refractivity contribution in [3.05, 3.63) is 65.7 Å². The fourth-order valence-electron chi connectivity index (χ4n) is 2.30. The van der Waals surface area contributed by atoms with E-state index in [4.69, 9.17) is 11.6 Å². The molecule has 0 aliphatic carbocycles. The van der Waals surface area contributed by atoms with Crippen LogP contribution in [-0.2, 0) is 14.8 Å². The molecule has 144 valence electrons. The minimum absolute atomic E-state index is 0.0205. The highest BCUT2D eigenvalue weighted by Gasteiger charge is 2.19. The standard InChI is InChI=1S/C19H22ClN3O3S/c1-4-11-23(3)27(25,26)16-8-6-15(7-9-16)21-13-19(24)22-18-10-5-14(2)12-17(18)20/h4-10,12,21H,1,11,13H2,2-3H3,(H,22,24). The molecule has 0 atom stereocenters. The smallest absolute Gasteiger partial charge is 0.243 e. The number of rotatable bonds is 8. The van der Waals surface area contributed by atoms with Crippen molar-refractivity contribution in [1.82, 2.24) is 4.31 Å². The molecule has 0 aromatic heterocycles. The van der Waals surface area contributed by atoms with Crippen molar-refractivity contribution in [3.8, 4) is 0 Å². The molecule has 2 rings (SSSR count). The number of hydrogen-bond donors (Lipinski definition) is 2. The molecule has 0 fully saturated rings. The maximum atomic E-state index is 12.3. The van der Waals surface area contributed by atoms with Gasteiger partial charge in [0.1, 0.15) is 0 Å². The van der Waals surface area contributed by atoms with Gasteiger partial charge in [-0.05, 0) is 48.9 Å². The van der Waals surface area contributed by atoms with Crippen molar-refractivity contribution in [2.24, 2.45) is 0 Å². The first-order valence-corrected chi connectivity index (χ1v) is 10.0. The number of sulfonamides is 1. The van der Waals surface area contributed by atoms with Gasteiger partial charge in [-0.25, -0.2) is 8.42 Å². The highest BCUT2D eigenvalue weighted by Crippen LogP contribution is 2.22. The second-order valence-electron chi connectivity index (χ2n) is 5.98. The Hall–Kier alpha value is -2.35. The molecule has 6 nitrogen and oxygen atoms in total. The van der Waals surface area contributed by atoms with Crippen LogP contribution in [0.4, 0.5) is 11.4 Å². The molecule has 0 aliphatic heterocycles. The average molecular weight is 408 g/mol. The van der Waals surface area contributed by atoms with Crippen LogP contribution in [0.3, 0.4) is 0 Å². The van der Waals surface area contributed by atoms with Gasteiger partial charge in [0.25, 0.3) is 0 Å². The van der Waals surface area contributed by atoms with E-state index in [0.717, 1.165) is 5.56 Å². The number of halogens is 1. The maximum absolute atomic E-state index is 12.3. The van der Waals surface area contributed by atoms with Crippen LogP contribution in [0, 0.1) is 6.92 Å². The molecule has 0 spiro atoms. The van der Waals surface area contributed by atoms with Crippen molar-refractivity contribution < 1.29 is 13.2 Å². The number of nitrogens with one attached hydrogen (secondary N) is 2. The molecule has 0 heterocycles. The Labute approximate surface area is 164 Å². The molecule has 2 N–H and O–H groups in total. The van der Waals surface area contributed by atoms with Crippen LogP contribution >= 0.6 is 11.6 Å². The summed E-state index contributed by atoms with van der Waals surface area (Å²) in [4.78, 5) is 12.2. The Morgan fingerprint density at radius 1 is 1.22 bits per heavy atom. The molecule has 0 saturated carbocycles. The molecule has 0 unspecified atom stereocenters. The molecule has 0 aliphatic rings. The zero-order chi connectivity index (χ0) is 20.0. The summed E-state index contributed by atoms with van der Waals surface area (Å²) in [5, 5.41) is 6.15. The van der Waals surface area contributed by atoms with E-state index in [9.17, 15) is 13.2 Å². The van der Waals surface area contributed by atoms with Crippen LogP contribution in [0.2, 0.25) is 5.02 Å². The van der Waals surface area contributed by atoms with Crippen LogP contribution in [-0.4, -0.2) is 38.8 Å². The zero-order valence-electron chi connectivity index (χ0n) is 15.2. The molecule has 2 aromatic carbocycles. The highest BCUT2D eigenvalue weighted by molar-refractivity contribution is 7.89. The van der Waals surface area contributed by atoms with E-state index in [1.54, 1.807) is 24.3 Å². The van der Waals surface area contributed by atoms with Gasteiger partial charge in [-0.1, -0.05) is 23.7 Å². The molecule has 0 saturated heterocycles. The van der Waals surface area contributed by atoms with Crippen molar-refractivity contribution in [2.75, 3.05) is 30.8 Å². The van der Waals surface area contributed by atoms with Crippen molar-refractivity contribution in [3.63, 3.8) is 0 Å². The summed E-state index contributed by atoms with van der Waals surface area (Å²) in [7, 11) is -2.07. The number of aryl methyl sites for hydroxylation is 1. The minimum Gasteiger partial charge on any atom is -0.376 e.